The average molecular weight is 511 g/mol. The molecule has 0 aliphatic rings. The zero-order valence-electron chi connectivity index (χ0n) is 23.3. The Labute approximate surface area is 217 Å². The molecule has 7 heteroatoms. The molecule has 0 spiro atoms. The van der Waals surface area contributed by atoms with Gasteiger partial charge in [-0.25, -0.2) is 4.79 Å². The lowest BCUT2D eigenvalue weighted by atomic mass is 10.0. The fraction of sp³-hybridized carbons (Fsp3) is 0.828. The molecule has 0 aliphatic carbocycles. The van der Waals surface area contributed by atoms with E-state index in [2.05, 4.69) is 0 Å². The van der Waals surface area contributed by atoms with E-state index in [9.17, 15) is 14.4 Å². The SMILES string of the molecule is Cc1oc(=O)oc1COC(=O)CCCCCCCCCCCCCCCCCCC(=O)OC(C)(C)C. The van der Waals surface area contributed by atoms with Crippen molar-refractivity contribution in [3.05, 3.63) is 22.1 Å². The van der Waals surface area contributed by atoms with E-state index in [1.165, 1.54) is 70.6 Å². The van der Waals surface area contributed by atoms with Crippen LogP contribution in [0.3, 0.4) is 0 Å². The molecular formula is C29H50O7. The highest BCUT2D eigenvalue weighted by molar-refractivity contribution is 5.69. The Bertz CT molecular complexity index is 769. The van der Waals surface area contributed by atoms with Gasteiger partial charge in [0.2, 0.25) is 0 Å². The Kier molecular flexibility index (Phi) is 17.0. The molecule has 0 amide bonds. The Hall–Kier alpha value is -2.05. The van der Waals surface area contributed by atoms with Crippen LogP contribution in [0.4, 0.5) is 0 Å². The van der Waals surface area contributed by atoms with Crippen molar-refractivity contribution >= 4 is 11.9 Å². The lowest BCUT2D eigenvalue weighted by Crippen LogP contribution is -2.23. The fourth-order valence-electron chi connectivity index (χ4n) is 4.13. The van der Waals surface area contributed by atoms with Crippen LogP contribution in [0.1, 0.15) is 148 Å². The molecule has 0 saturated heterocycles. The van der Waals surface area contributed by atoms with Crippen molar-refractivity contribution < 1.29 is 27.9 Å². The van der Waals surface area contributed by atoms with Crippen molar-refractivity contribution in [2.75, 3.05) is 0 Å². The topological polar surface area (TPSA) is 96.0 Å². The fourth-order valence-corrected chi connectivity index (χ4v) is 4.13. The Morgan fingerprint density at radius 3 is 1.39 bits per heavy atom. The van der Waals surface area contributed by atoms with Gasteiger partial charge in [-0.3, -0.25) is 9.59 Å². The van der Waals surface area contributed by atoms with E-state index in [1.807, 2.05) is 20.8 Å². The van der Waals surface area contributed by atoms with Crippen molar-refractivity contribution in [1.29, 1.82) is 0 Å². The summed E-state index contributed by atoms with van der Waals surface area (Å²) < 4.78 is 20.0. The smallest absolute Gasteiger partial charge is 0.460 e. The van der Waals surface area contributed by atoms with Gasteiger partial charge in [-0.05, 0) is 40.5 Å². The van der Waals surface area contributed by atoms with Gasteiger partial charge in [0.15, 0.2) is 18.1 Å². The molecule has 0 radical (unpaired) electrons. The van der Waals surface area contributed by atoms with Gasteiger partial charge >= 0.3 is 17.8 Å². The summed E-state index contributed by atoms with van der Waals surface area (Å²) in [4.78, 5) is 34.4. The first kappa shape index (κ1) is 32.0. The molecule has 0 N–H and O–H groups in total. The third kappa shape index (κ3) is 18.3. The summed E-state index contributed by atoms with van der Waals surface area (Å²) in [5.74, 6) is -0.479. The summed E-state index contributed by atoms with van der Waals surface area (Å²) in [6.45, 7) is 7.29. The molecule has 0 bridgehead atoms. The van der Waals surface area contributed by atoms with Crippen LogP contribution in [0.15, 0.2) is 13.6 Å². The van der Waals surface area contributed by atoms with Gasteiger partial charge in [0.1, 0.15) is 5.60 Å². The number of aryl methyl sites for hydroxylation is 1. The molecular weight excluding hydrogens is 460 g/mol. The van der Waals surface area contributed by atoms with Gasteiger partial charge in [-0.2, -0.15) is 0 Å². The standard InChI is InChI=1S/C29H50O7/c1-24-25(35-28(32)34-24)23-33-26(30)21-19-17-15-13-11-9-7-5-6-8-10-12-14-16-18-20-22-27(31)36-29(2,3)4/h5-23H2,1-4H3. The lowest BCUT2D eigenvalue weighted by molar-refractivity contribution is -0.155. The summed E-state index contributed by atoms with van der Waals surface area (Å²) in [7, 11) is 0. The number of rotatable bonds is 21. The molecule has 1 rings (SSSR count). The van der Waals surface area contributed by atoms with Crippen LogP contribution in [-0.4, -0.2) is 17.5 Å². The van der Waals surface area contributed by atoms with Gasteiger partial charge in [-0.15, -0.1) is 0 Å². The normalized spacial score (nSPS) is 11.6. The second kappa shape index (κ2) is 19.1. The number of hydrogen-bond acceptors (Lipinski definition) is 7. The minimum Gasteiger partial charge on any atom is -0.460 e. The molecule has 0 atom stereocenters. The van der Waals surface area contributed by atoms with E-state index in [4.69, 9.17) is 18.3 Å². The van der Waals surface area contributed by atoms with Crippen LogP contribution < -0.4 is 5.82 Å². The Morgan fingerprint density at radius 1 is 0.639 bits per heavy atom. The minimum atomic E-state index is -0.768. The van der Waals surface area contributed by atoms with E-state index < -0.39 is 5.82 Å². The maximum Gasteiger partial charge on any atom is 0.519 e. The quantitative estimate of drug-likeness (QED) is 0.122. The maximum atomic E-state index is 11.8. The molecule has 1 heterocycles. The van der Waals surface area contributed by atoms with Crippen molar-refractivity contribution in [3.63, 3.8) is 0 Å². The van der Waals surface area contributed by atoms with E-state index in [1.54, 1.807) is 6.92 Å². The number of hydrogen-bond donors (Lipinski definition) is 0. The largest absolute Gasteiger partial charge is 0.519 e. The van der Waals surface area contributed by atoms with E-state index in [-0.39, 0.29) is 29.9 Å². The highest BCUT2D eigenvalue weighted by Gasteiger charge is 2.15. The third-order valence-electron chi connectivity index (χ3n) is 6.13. The highest BCUT2D eigenvalue weighted by atomic mass is 16.6. The van der Waals surface area contributed by atoms with Gasteiger partial charge in [-0.1, -0.05) is 89.9 Å². The van der Waals surface area contributed by atoms with Crippen LogP contribution in [-0.2, 0) is 25.7 Å². The first-order valence-corrected chi connectivity index (χ1v) is 14.1. The van der Waals surface area contributed by atoms with E-state index in [0.717, 1.165) is 32.1 Å². The van der Waals surface area contributed by atoms with Crippen LogP contribution in [0.25, 0.3) is 0 Å². The Balaban J connectivity index is 1.77. The summed E-state index contributed by atoms with van der Waals surface area (Å²) in [6.07, 6.45) is 20.3. The van der Waals surface area contributed by atoms with Crippen LogP contribution >= 0.6 is 0 Å². The second-order valence-electron chi connectivity index (χ2n) is 10.8. The highest BCUT2D eigenvalue weighted by Crippen LogP contribution is 2.15. The summed E-state index contributed by atoms with van der Waals surface area (Å²) in [5, 5.41) is 0. The predicted molar refractivity (Wildman–Crippen MR) is 141 cm³/mol. The summed E-state index contributed by atoms with van der Waals surface area (Å²) in [5.41, 5.74) is -0.373. The number of carbonyl (C=O) groups excluding carboxylic acids is 2. The molecule has 1 aromatic heterocycles. The minimum absolute atomic E-state index is 0.0478. The molecule has 0 unspecified atom stereocenters. The zero-order valence-corrected chi connectivity index (χ0v) is 23.3. The number of unbranched alkanes of at least 4 members (excludes halogenated alkanes) is 15. The van der Waals surface area contributed by atoms with E-state index >= 15 is 0 Å². The molecule has 0 saturated carbocycles. The number of esters is 2. The van der Waals surface area contributed by atoms with Gasteiger partial charge in [0, 0.05) is 12.8 Å². The number of carbonyl (C=O) groups is 2. The van der Waals surface area contributed by atoms with Crippen molar-refractivity contribution in [2.24, 2.45) is 0 Å². The van der Waals surface area contributed by atoms with Crippen molar-refractivity contribution in [3.8, 4) is 0 Å². The van der Waals surface area contributed by atoms with Gasteiger partial charge < -0.3 is 18.3 Å². The first-order valence-electron chi connectivity index (χ1n) is 14.1. The van der Waals surface area contributed by atoms with Crippen LogP contribution in [0, 0.1) is 6.92 Å². The predicted octanol–water partition coefficient (Wildman–Crippen LogP) is 7.95. The average Bonchev–Trinajstić information content (AvgIpc) is 3.12. The summed E-state index contributed by atoms with van der Waals surface area (Å²) >= 11 is 0. The molecule has 0 fully saturated rings. The molecule has 0 aromatic carbocycles. The monoisotopic (exact) mass is 510 g/mol. The first-order chi connectivity index (χ1) is 17.2. The number of ether oxygens (including phenoxy) is 2. The molecule has 7 nitrogen and oxygen atoms in total. The van der Waals surface area contributed by atoms with Crippen molar-refractivity contribution in [2.45, 2.75) is 155 Å². The molecule has 1 aromatic rings. The Morgan fingerprint density at radius 2 is 1.03 bits per heavy atom. The summed E-state index contributed by atoms with van der Waals surface area (Å²) in [6, 6.07) is 0. The van der Waals surface area contributed by atoms with Crippen LogP contribution in [0.5, 0.6) is 0 Å². The third-order valence-corrected chi connectivity index (χ3v) is 6.13. The van der Waals surface area contributed by atoms with E-state index in [0.29, 0.717) is 18.6 Å². The zero-order chi connectivity index (χ0) is 26.7. The lowest BCUT2D eigenvalue weighted by Gasteiger charge is -2.19. The van der Waals surface area contributed by atoms with Crippen molar-refractivity contribution in [1.82, 2.24) is 0 Å². The van der Waals surface area contributed by atoms with Gasteiger partial charge in [0.25, 0.3) is 0 Å². The molecule has 0 aliphatic heterocycles. The maximum absolute atomic E-state index is 11.8. The van der Waals surface area contributed by atoms with Gasteiger partial charge in [0.05, 0.1) is 0 Å². The second-order valence-corrected chi connectivity index (χ2v) is 10.8. The van der Waals surface area contributed by atoms with Crippen LogP contribution in [0.2, 0.25) is 0 Å². The molecule has 208 valence electrons. The molecule has 36 heavy (non-hydrogen) atoms.